The Bertz CT molecular complexity index is 485. The Morgan fingerprint density at radius 1 is 1.24 bits per heavy atom. The lowest BCUT2D eigenvalue weighted by Crippen LogP contribution is -2.40. The van der Waals surface area contributed by atoms with Crippen LogP contribution in [0.25, 0.3) is 0 Å². The van der Waals surface area contributed by atoms with Gasteiger partial charge in [-0.15, -0.1) is 0 Å². The first kappa shape index (κ1) is 11.3. The van der Waals surface area contributed by atoms with E-state index < -0.39 is 0 Å². The molecule has 0 radical (unpaired) electrons. The second-order valence-electron chi connectivity index (χ2n) is 4.00. The van der Waals surface area contributed by atoms with Crippen LogP contribution in [0.1, 0.15) is 35.2 Å². The van der Waals surface area contributed by atoms with Gasteiger partial charge in [0, 0.05) is 18.5 Å². The van der Waals surface area contributed by atoms with Crippen molar-refractivity contribution in [1.29, 1.82) is 5.26 Å². The van der Waals surface area contributed by atoms with Gasteiger partial charge < -0.3 is 0 Å². The van der Waals surface area contributed by atoms with Crippen molar-refractivity contribution in [2.75, 3.05) is 6.54 Å². The molecular weight excluding hydrogens is 216 g/mol. The third-order valence-electron chi connectivity index (χ3n) is 2.83. The van der Waals surface area contributed by atoms with E-state index in [1.165, 1.54) is 4.90 Å². The van der Waals surface area contributed by atoms with Gasteiger partial charge in [-0.2, -0.15) is 5.26 Å². The number of carbonyl (C=O) groups excluding carboxylic acids is 2. The highest BCUT2D eigenvalue weighted by molar-refractivity contribution is 6.05. The van der Waals surface area contributed by atoms with E-state index >= 15 is 0 Å². The summed E-state index contributed by atoms with van der Waals surface area (Å²) >= 11 is 0. The average Bonchev–Trinajstić information content (AvgIpc) is 2.39. The molecule has 1 heterocycles. The average molecular weight is 228 g/mol. The van der Waals surface area contributed by atoms with Gasteiger partial charge in [-0.05, 0) is 37.1 Å². The Hall–Kier alpha value is -2.15. The number of imide groups is 1. The van der Waals surface area contributed by atoms with Crippen molar-refractivity contribution < 1.29 is 9.59 Å². The van der Waals surface area contributed by atoms with E-state index in [0.29, 0.717) is 24.1 Å². The molecule has 0 unspecified atom stereocenters. The largest absolute Gasteiger partial charge is 0.279 e. The summed E-state index contributed by atoms with van der Waals surface area (Å²) < 4.78 is 0. The third-order valence-corrected chi connectivity index (χ3v) is 2.83. The third kappa shape index (κ3) is 2.34. The van der Waals surface area contributed by atoms with Crippen molar-refractivity contribution in [3.8, 4) is 6.07 Å². The summed E-state index contributed by atoms with van der Waals surface area (Å²) in [5.41, 5.74) is 0.964. The number of piperidine rings is 1. The SMILES string of the molecule is N#Cc1ccc(C(=O)N2CCCCC2=O)cc1. The number of nitriles is 1. The van der Waals surface area contributed by atoms with Crippen LogP contribution in [0.2, 0.25) is 0 Å². The quantitative estimate of drug-likeness (QED) is 0.687. The minimum Gasteiger partial charge on any atom is -0.279 e. The highest BCUT2D eigenvalue weighted by Gasteiger charge is 2.25. The predicted octanol–water partition coefficient (Wildman–Crippen LogP) is 1.71. The lowest BCUT2D eigenvalue weighted by molar-refractivity contribution is -0.130. The molecule has 0 saturated carbocycles. The summed E-state index contributed by atoms with van der Waals surface area (Å²) in [6, 6.07) is 8.33. The highest BCUT2D eigenvalue weighted by atomic mass is 16.2. The van der Waals surface area contributed by atoms with Crippen LogP contribution in [0.15, 0.2) is 24.3 Å². The molecule has 4 nitrogen and oxygen atoms in total. The maximum atomic E-state index is 12.0. The van der Waals surface area contributed by atoms with Gasteiger partial charge in [0.15, 0.2) is 0 Å². The molecule has 17 heavy (non-hydrogen) atoms. The first-order chi connectivity index (χ1) is 8.22. The van der Waals surface area contributed by atoms with Gasteiger partial charge >= 0.3 is 0 Å². The summed E-state index contributed by atoms with van der Waals surface area (Å²) in [6.07, 6.45) is 2.17. The highest BCUT2D eigenvalue weighted by Crippen LogP contribution is 2.14. The molecule has 1 fully saturated rings. The minimum absolute atomic E-state index is 0.106. The molecule has 0 atom stereocenters. The molecule has 0 aliphatic carbocycles. The van der Waals surface area contributed by atoms with Gasteiger partial charge in [-0.1, -0.05) is 0 Å². The first-order valence-electron chi connectivity index (χ1n) is 5.57. The number of benzene rings is 1. The summed E-state index contributed by atoms with van der Waals surface area (Å²) in [5.74, 6) is -0.371. The van der Waals surface area contributed by atoms with Gasteiger partial charge in [-0.25, -0.2) is 0 Å². The van der Waals surface area contributed by atoms with Gasteiger partial charge in [0.1, 0.15) is 0 Å². The summed E-state index contributed by atoms with van der Waals surface area (Å²) in [5, 5.41) is 8.66. The number of likely N-dealkylation sites (tertiary alicyclic amines) is 1. The number of nitrogens with zero attached hydrogens (tertiary/aromatic N) is 2. The van der Waals surface area contributed by atoms with Crippen LogP contribution in [0.3, 0.4) is 0 Å². The van der Waals surface area contributed by atoms with E-state index in [9.17, 15) is 9.59 Å². The second-order valence-corrected chi connectivity index (χ2v) is 4.00. The molecule has 2 amide bonds. The number of hydrogen-bond donors (Lipinski definition) is 0. The fourth-order valence-corrected chi connectivity index (χ4v) is 1.86. The van der Waals surface area contributed by atoms with E-state index in [1.54, 1.807) is 24.3 Å². The molecule has 2 rings (SSSR count). The molecule has 1 aromatic carbocycles. The van der Waals surface area contributed by atoms with Crippen molar-refractivity contribution in [1.82, 2.24) is 4.90 Å². The zero-order valence-electron chi connectivity index (χ0n) is 9.35. The van der Waals surface area contributed by atoms with Crippen molar-refractivity contribution >= 4 is 11.8 Å². The van der Waals surface area contributed by atoms with E-state index in [-0.39, 0.29) is 11.8 Å². The number of rotatable bonds is 1. The van der Waals surface area contributed by atoms with Crippen molar-refractivity contribution in [3.63, 3.8) is 0 Å². The van der Waals surface area contributed by atoms with Crippen LogP contribution in [0.5, 0.6) is 0 Å². The van der Waals surface area contributed by atoms with Gasteiger partial charge in [0.05, 0.1) is 11.6 Å². The second kappa shape index (κ2) is 4.79. The van der Waals surface area contributed by atoms with E-state index in [2.05, 4.69) is 0 Å². The molecule has 0 bridgehead atoms. The van der Waals surface area contributed by atoms with Crippen molar-refractivity contribution in [2.24, 2.45) is 0 Å². The number of amides is 2. The van der Waals surface area contributed by atoms with Crippen LogP contribution < -0.4 is 0 Å². The first-order valence-corrected chi connectivity index (χ1v) is 5.57. The Morgan fingerprint density at radius 2 is 1.94 bits per heavy atom. The van der Waals surface area contributed by atoms with Crippen LogP contribution in [-0.4, -0.2) is 23.3 Å². The molecule has 1 aliphatic heterocycles. The molecule has 1 aliphatic rings. The Balaban J connectivity index is 2.18. The monoisotopic (exact) mass is 228 g/mol. The summed E-state index contributed by atoms with van der Waals surface area (Å²) in [7, 11) is 0. The molecule has 0 N–H and O–H groups in total. The lowest BCUT2D eigenvalue weighted by atomic mass is 10.1. The molecule has 4 heteroatoms. The molecular formula is C13H12N2O2. The van der Waals surface area contributed by atoms with Gasteiger partial charge in [0.2, 0.25) is 5.91 Å². The van der Waals surface area contributed by atoms with E-state index in [1.807, 2.05) is 6.07 Å². The van der Waals surface area contributed by atoms with Gasteiger partial charge in [-0.3, -0.25) is 14.5 Å². The number of hydrogen-bond acceptors (Lipinski definition) is 3. The van der Waals surface area contributed by atoms with Crippen molar-refractivity contribution in [2.45, 2.75) is 19.3 Å². The lowest BCUT2D eigenvalue weighted by Gasteiger charge is -2.24. The predicted molar refractivity (Wildman–Crippen MR) is 61.1 cm³/mol. The van der Waals surface area contributed by atoms with Crippen molar-refractivity contribution in [3.05, 3.63) is 35.4 Å². The van der Waals surface area contributed by atoms with Gasteiger partial charge in [0.25, 0.3) is 5.91 Å². The smallest absolute Gasteiger partial charge is 0.260 e. The van der Waals surface area contributed by atoms with Crippen LogP contribution in [-0.2, 0) is 4.79 Å². The van der Waals surface area contributed by atoms with E-state index in [0.717, 1.165) is 12.8 Å². The standard InChI is InChI=1S/C13H12N2O2/c14-9-10-4-6-11(7-5-10)13(17)15-8-2-1-3-12(15)16/h4-7H,1-3,8H2. The van der Waals surface area contributed by atoms with E-state index in [4.69, 9.17) is 5.26 Å². The molecule has 1 saturated heterocycles. The topological polar surface area (TPSA) is 61.2 Å². The maximum Gasteiger partial charge on any atom is 0.260 e. The fourth-order valence-electron chi connectivity index (χ4n) is 1.86. The Labute approximate surface area is 99.5 Å². The van der Waals surface area contributed by atoms with Crippen LogP contribution in [0, 0.1) is 11.3 Å². The zero-order chi connectivity index (χ0) is 12.3. The zero-order valence-corrected chi connectivity index (χ0v) is 9.35. The number of carbonyl (C=O) groups is 2. The maximum absolute atomic E-state index is 12.0. The van der Waals surface area contributed by atoms with Crippen LogP contribution in [0.4, 0.5) is 0 Å². The fraction of sp³-hybridized carbons (Fsp3) is 0.308. The van der Waals surface area contributed by atoms with Crippen LogP contribution >= 0.6 is 0 Å². The normalized spacial score (nSPS) is 15.5. The molecule has 86 valence electrons. The molecule has 0 spiro atoms. The Morgan fingerprint density at radius 3 is 2.53 bits per heavy atom. The summed E-state index contributed by atoms with van der Waals surface area (Å²) in [4.78, 5) is 24.9. The molecule has 0 aromatic heterocycles. The Kier molecular flexibility index (Phi) is 3.20. The minimum atomic E-state index is -0.265. The summed E-state index contributed by atoms with van der Waals surface area (Å²) in [6.45, 7) is 0.498. The molecule has 1 aromatic rings.